The summed E-state index contributed by atoms with van der Waals surface area (Å²) < 4.78 is 5.76. The van der Waals surface area contributed by atoms with Crippen molar-refractivity contribution < 1.29 is 14.3 Å². The first-order chi connectivity index (χ1) is 15.9. The van der Waals surface area contributed by atoms with Crippen molar-refractivity contribution in [1.82, 2.24) is 5.43 Å². The first-order valence-electron chi connectivity index (χ1n) is 10.5. The fourth-order valence-electron chi connectivity index (χ4n) is 3.55. The minimum Gasteiger partial charge on any atom is -0.489 e. The maximum Gasteiger partial charge on any atom is 0.243 e. The van der Waals surface area contributed by atoms with Gasteiger partial charge in [-0.15, -0.1) is 0 Å². The summed E-state index contributed by atoms with van der Waals surface area (Å²) in [7, 11) is 0. The molecule has 1 saturated heterocycles. The Labute approximate surface area is 202 Å². The van der Waals surface area contributed by atoms with Gasteiger partial charge in [0.25, 0.3) is 0 Å². The second-order valence-corrected chi connectivity index (χ2v) is 8.68. The van der Waals surface area contributed by atoms with E-state index < -0.39 is 5.92 Å². The molecule has 0 aliphatic carbocycles. The maximum absolute atomic E-state index is 12.6. The molecule has 1 heterocycles. The zero-order valence-corrected chi connectivity index (χ0v) is 19.5. The summed E-state index contributed by atoms with van der Waals surface area (Å²) in [6.45, 7) is 2.59. The van der Waals surface area contributed by atoms with Crippen LogP contribution in [0.4, 0.5) is 11.4 Å². The lowest BCUT2D eigenvalue weighted by molar-refractivity contribution is -0.125. The number of halogens is 2. The van der Waals surface area contributed by atoms with Crippen LogP contribution >= 0.6 is 23.2 Å². The lowest BCUT2D eigenvalue weighted by Gasteiger charge is -2.17. The number of amides is 2. The molecular weight excluding hydrogens is 461 g/mol. The fourth-order valence-corrected chi connectivity index (χ4v) is 4.06. The van der Waals surface area contributed by atoms with Gasteiger partial charge in [-0.1, -0.05) is 47.0 Å². The Balaban J connectivity index is 1.28. The lowest BCUT2D eigenvalue weighted by atomic mass is 10.1. The molecule has 2 N–H and O–H groups in total. The summed E-state index contributed by atoms with van der Waals surface area (Å²) in [5.41, 5.74) is 8.92. The van der Waals surface area contributed by atoms with Gasteiger partial charge in [-0.3, -0.25) is 20.4 Å². The third-order valence-electron chi connectivity index (χ3n) is 5.47. The van der Waals surface area contributed by atoms with E-state index in [9.17, 15) is 9.59 Å². The first-order valence-corrected chi connectivity index (χ1v) is 11.2. The molecule has 0 radical (unpaired) electrons. The van der Waals surface area contributed by atoms with Crippen LogP contribution in [0.2, 0.25) is 10.0 Å². The molecule has 3 aromatic carbocycles. The highest BCUT2D eigenvalue weighted by Crippen LogP contribution is 2.27. The van der Waals surface area contributed by atoms with Crippen LogP contribution in [0.15, 0.2) is 66.7 Å². The molecule has 0 spiro atoms. The lowest BCUT2D eigenvalue weighted by Crippen LogP contribution is -2.36. The van der Waals surface area contributed by atoms with Crippen LogP contribution in [0.3, 0.4) is 0 Å². The quantitative estimate of drug-likeness (QED) is 0.442. The number of rotatable bonds is 7. The number of carbonyl (C=O) groups excluding carboxylic acids is 2. The summed E-state index contributed by atoms with van der Waals surface area (Å²) in [4.78, 5) is 26.6. The van der Waals surface area contributed by atoms with E-state index in [2.05, 4.69) is 10.9 Å². The van der Waals surface area contributed by atoms with Gasteiger partial charge in [0, 0.05) is 34.3 Å². The van der Waals surface area contributed by atoms with Crippen LogP contribution in [0.5, 0.6) is 5.75 Å². The van der Waals surface area contributed by atoms with Crippen molar-refractivity contribution in [2.45, 2.75) is 20.0 Å². The van der Waals surface area contributed by atoms with Crippen molar-refractivity contribution >= 4 is 46.4 Å². The highest BCUT2D eigenvalue weighted by molar-refractivity contribution is 6.35. The number of benzene rings is 3. The monoisotopic (exact) mass is 483 g/mol. The summed E-state index contributed by atoms with van der Waals surface area (Å²) >= 11 is 12.3. The molecule has 6 nitrogen and oxygen atoms in total. The Kier molecular flexibility index (Phi) is 7.06. The highest BCUT2D eigenvalue weighted by Gasteiger charge is 2.35. The van der Waals surface area contributed by atoms with Crippen LogP contribution in [-0.4, -0.2) is 18.4 Å². The van der Waals surface area contributed by atoms with Gasteiger partial charge < -0.3 is 9.64 Å². The van der Waals surface area contributed by atoms with E-state index in [0.29, 0.717) is 28.0 Å². The number of ether oxygens (including phenoxy) is 1. The van der Waals surface area contributed by atoms with Gasteiger partial charge in [-0.2, -0.15) is 0 Å². The van der Waals surface area contributed by atoms with Crippen molar-refractivity contribution in [3.63, 3.8) is 0 Å². The number of anilines is 2. The zero-order chi connectivity index (χ0) is 23.4. The van der Waals surface area contributed by atoms with Gasteiger partial charge in [-0.05, 0) is 55.5 Å². The molecule has 33 heavy (non-hydrogen) atoms. The third-order valence-corrected chi connectivity index (χ3v) is 6.18. The fraction of sp³-hybridized carbons (Fsp3) is 0.200. The van der Waals surface area contributed by atoms with Gasteiger partial charge in [0.15, 0.2) is 0 Å². The standard InChI is InChI=1S/C25H23Cl2N3O3/c1-16-5-9-19(10-6-16)30-14-17(13-24(30)31)25(32)29-28-18-7-11-20(12-8-18)33-15-21-22(26)3-2-4-23(21)27/h2-12,17,28H,13-15H2,1H3,(H,29,32)/t17-/m0/s1. The number of hydrogen-bond donors (Lipinski definition) is 2. The van der Waals surface area contributed by atoms with Gasteiger partial charge >= 0.3 is 0 Å². The second-order valence-electron chi connectivity index (χ2n) is 7.87. The topological polar surface area (TPSA) is 70.7 Å². The van der Waals surface area contributed by atoms with E-state index in [1.165, 1.54) is 0 Å². The minimum atomic E-state index is -0.422. The van der Waals surface area contributed by atoms with Crippen LogP contribution in [0.1, 0.15) is 17.5 Å². The molecule has 0 aromatic heterocycles. The van der Waals surface area contributed by atoms with Gasteiger partial charge in [0.2, 0.25) is 11.8 Å². The summed E-state index contributed by atoms with van der Waals surface area (Å²) in [6.07, 6.45) is 0.179. The van der Waals surface area contributed by atoms with E-state index in [-0.39, 0.29) is 24.8 Å². The van der Waals surface area contributed by atoms with Crippen molar-refractivity contribution in [2.24, 2.45) is 5.92 Å². The van der Waals surface area contributed by atoms with E-state index in [1.807, 2.05) is 31.2 Å². The first kappa shape index (κ1) is 23.0. The SMILES string of the molecule is Cc1ccc(N2C[C@@H](C(=O)NNc3ccc(OCc4c(Cl)cccc4Cl)cc3)CC2=O)cc1. The minimum absolute atomic E-state index is 0.0564. The molecular formula is C25H23Cl2N3O3. The number of hydrogen-bond acceptors (Lipinski definition) is 4. The molecule has 0 saturated carbocycles. The second kappa shape index (κ2) is 10.1. The number of carbonyl (C=O) groups is 2. The Morgan fingerprint density at radius 2 is 1.70 bits per heavy atom. The Morgan fingerprint density at radius 3 is 2.36 bits per heavy atom. The molecule has 170 valence electrons. The average Bonchev–Trinajstić information content (AvgIpc) is 3.20. The summed E-state index contributed by atoms with van der Waals surface area (Å²) in [6, 6.07) is 20.1. The normalized spacial score (nSPS) is 15.4. The molecule has 2 amide bonds. The smallest absolute Gasteiger partial charge is 0.243 e. The molecule has 0 unspecified atom stereocenters. The number of hydrazine groups is 1. The largest absolute Gasteiger partial charge is 0.489 e. The molecule has 1 aliphatic rings. The van der Waals surface area contributed by atoms with Gasteiger partial charge in [0.1, 0.15) is 12.4 Å². The summed E-state index contributed by atoms with van der Waals surface area (Å²) in [5.74, 6) is -0.0713. The van der Waals surface area contributed by atoms with E-state index in [4.69, 9.17) is 27.9 Å². The van der Waals surface area contributed by atoms with Crippen LogP contribution in [0, 0.1) is 12.8 Å². The Bertz CT molecular complexity index is 1130. The van der Waals surface area contributed by atoms with Crippen LogP contribution in [0.25, 0.3) is 0 Å². The molecule has 3 aromatic rings. The van der Waals surface area contributed by atoms with Gasteiger partial charge in [0.05, 0.1) is 11.6 Å². The predicted octanol–water partition coefficient (Wildman–Crippen LogP) is 5.38. The number of aryl methyl sites for hydroxylation is 1. The maximum atomic E-state index is 12.6. The molecule has 1 aliphatic heterocycles. The molecule has 4 rings (SSSR count). The van der Waals surface area contributed by atoms with E-state index in [1.54, 1.807) is 47.4 Å². The van der Waals surface area contributed by atoms with Gasteiger partial charge in [-0.25, -0.2) is 0 Å². The molecule has 8 heteroatoms. The molecule has 1 fully saturated rings. The van der Waals surface area contributed by atoms with Crippen LogP contribution < -0.4 is 20.5 Å². The zero-order valence-electron chi connectivity index (χ0n) is 18.0. The molecule has 1 atom stereocenters. The Hall–Kier alpha value is -3.22. The number of nitrogens with one attached hydrogen (secondary N) is 2. The van der Waals surface area contributed by atoms with Crippen molar-refractivity contribution in [3.05, 3.63) is 87.9 Å². The predicted molar refractivity (Wildman–Crippen MR) is 131 cm³/mol. The number of nitrogens with zero attached hydrogens (tertiary/aromatic N) is 1. The summed E-state index contributed by atoms with van der Waals surface area (Å²) in [5, 5.41) is 1.10. The Morgan fingerprint density at radius 1 is 1.03 bits per heavy atom. The van der Waals surface area contributed by atoms with E-state index in [0.717, 1.165) is 16.8 Å². The van der Waals surface area contributed by atoms with Crippen molar-refractivity contribution in [2.75, 3.05) is 16.9 Å². The van der Waals surface area contributed by atoms with E-state index >= 15 is 0 Å². The van der Waals surface area contributed by atoms with Crippen LogP contribution in [-0.2, 0) is 16.2 Å². The van der Waals surface area contributed by atoms with Crippen molar-refractivity contribution in [1.29, 1.82) is 0 Å². The van der Waals surface area contributed by atoms with Crippen molar-refractivity contribution in [3.8, 4) is 5.75 Å². The highest BCUT2D eigenvalue weighted by atomic mass is 35.5. The third kappa shape index (κ3) is 5.59. The average molecular weight is 484 g/mol. The molecule has 0 bridgehead atoms.